The number of furan rings is 1. The van der Waals surface area contributed by atoms with Crippen LogP contribution in [0, 0.1) is 0 Å². The zero-order valence-corrected chi connectivity index (χ0v) is 15.7. The van der Waals surface area contributed by atoms with E-state index < -0.39 is 0 Å². The Kier molecular flexibility index (Phi) is 5.67. The van der Waals surface area contributed by atoms with Gasteiger partial charge in [-0.15, -0.1) is 10.2 Å². The number of aromatic nitrogens is 5. The Balaban J connectivity index is 1.61. The third kappa shape index (κ3) is 4.29. The van der Waals surface area contributed by atoms with E-state index in [-0.39, 0.29) is 11.9 Å². The summed E-state index contributed by atoms with van der Waals surface area (Å²) in [6.45, 7) is 4.45. The van der Waals surface area contributed by atoms with Crippen LogP contribution in [0.1, 0.15) is 42.0 Å². The Bertz CT molecular complexity index is 861. The Morgan fingerprint density at radius 3 is 2.81 bits per heavy atom. The van der Waals surface area contributed by atoms with Crippen LogP contribution in [0.5, 0.6) is 0 Å². The van der Waals surface area contributed by atoms with Crippen LogP contribution in [0.4, 0.5) is 0 Å². The average Bonchev–Trinajstić information content (AvgIpc) is 3.29. The molecule has 3 rings (SSSR count). The molecular weight excluding hydrogens is 352 g/mol. The fourth-order valence-electron chi connectivity index (χ4n) is 2.35. The molecule has 0 atom stereocenters. The summed E-state index contributed by atoms with van der Waals surface area (Å²) < 4.78 is 7.61. The quantitative estimate of drug-likeness (QED) is 0.465. The number of hydrogen-bond donors (Lipinski definition) is 0. The normalized spacial score (nSPS) is 11.1. The third-order valence-electron chi connectivity index (χ3n) is 3.69. The number of carbonyl (C=O) groups is 1. The maximum Gasteiger partial charge on any atom is 0.289 e. The molecule has 0 aliphatic carbocycles. The highest BCUT2D eigenvalue weighted by atomic mass is 32.2. The molecule has 0 aliphatic rings. The smallest absolute Gasteiger partial charge is 0.289 e. The number of rotatable bonds is 7. The Morgan fingerprint density at radius 1 is 1.31 bits per heavy atom. The van der Waals surface area contributed by atoms with Gasteiger partial charge in [-0.05, 0) is 32.0 Å². The first-order valence-corrected chi connectivity index (χ1v) is 9.15. The van der Waals surface area contributed by atoms with Gasteiger partial charge in [0, 0.05) is 25.5 Å². The molecule has 0 saturated carbocycles. The molecule has 0 unspecified atom stereocenters. The van der Waals surface area contributed by atoms with Crippen LogP contribution in [0.25, 0.3) is 0 Å². The minimum Gasteiger partial charge on any atom is -0.455 e. The monoisotopic (exact) mass is 372 g/mol. The fraction of sp³-hybridized carbons (Fsp3) is 0.353. The molecule has 0 N–H and O–H groups in total. The zero-order valence-electron chi connectivity index (χ0n) is 14.9. The van der Waals surface area contributed by atoms with Gasteiger partial charge in [0.2, 0.25) is 0 Å². The van der Waals surface area contributed by atoms with E-state index in [4.69, 9.17) is 4.42 Å². The molecule has 3 aromatic heterocycles. The molecule has 0 radical (unpaired) electrons. The minimum absolute atomic E-state index is 0.199. The van der Waals surface area contributed by atoms with Gasteiger partial charge in [0.25, 0.3) is 5.91 Å². The summed E-state index contributed by atoms with van der Waals surface area (Å²) in [6.07, 6.45) is 5.06. The van der Waals surface area contributed by atoms with Gasteiger partial charge >= 0.3 is 0 Å². The van der Waals surface area contributed by atoms with Crippen LogP contribution in [-0.4, -0.2) is 42.6 Å². The molecule has 3 aromatic rings. The van der Waals surface area contributed by atoms with E-state index in [0.717, 1.165) is 5.82 Å². The average molecular weight is 372 g/mol. The molecule has 3 heterocycles. The molecule has 0 aromatic carbocycles. The first-order valence-electron chi connectivity index (χ1n) is 8.17. The van der Waals surface area contributed by atoms with Gasteiger partial charge in [-0.1, -0.05) is 11.8 Å². The molecule has 0 fully saturated rings. The van der Waals surface area contributed by atoms with Crippen LogP contribution >= 0.6 is 11.8 Å². The second-order valence-corrected chi connectivity index (χ2v) is 6.94. The second-order valence-electron chi connectivity index (χ2n) is 6.00. The second kappa shape index (κ2) is 8.13. The minimum atomic E-state index is -0.199. The standard InChI is InChI=1S/C17H20N6O2S/c1-12(2)23-11-20-21-15(23)9-22(3)16(24)14-6-5-13(25-14)10-26-17-18-7-4-8-19-17/h4-8,11-12H,9-10H2,1-3H3. The number of nitrogens with zero attached hydrogens (tertiary/aromatic N) is 6. The van der Waals surface area contributed by atoms with E-state index in [1.807, 2.05) is 18.4 Å². The molecule has 0 saturated heterocycles. The molecule has 0 aliphatic heterocycles. The predicted molar refractivity (Wildman–Crippen MR) is 96.5 cm³/mol. The first kappa shape index (κ1) is 18.1. The lowest BCUT2D eigenvalue weighted by Gasteiger charge is -2.17. The number of hydrogen-bond acceptors (Lipinski definition) is 7. The summed E-state index contributed by atoms with van der Waals surface area (Å²) in [5.41, 5.74) is 0. The van der Waals surface area contributed by atoms with Crippen LogP contribution in [0.2, 0.25) is 0 Å². The Morgan fingerprint density at radius 2 is 2.08 bits per heavy atom. The van der Waals surface area contributed by atoms with Crippen molar-refractivity contribution in [3.05, 3.63) is 54.3 Å². The van der Waals surface area contributed by atoms with Gasteiger partial charge in [-0.25, -0.2) is 9.97 Å². The van der Waals surface area contributed by atoms with Gasteiger partial charge in [0.05, 0.1) is 12.3 Å². The van der Waals surface area contributed by atoms with Crippen molar-refractivity contribution in [3.8, 4) is 0 Å². The molecule has 136 valence electrons. The number of carbonyl (C=O) groups excluding carboxylic acids is 1. The molecule has 26 heavy (non-hydrogen) atoms. The number of amides is 1. The van der Waals surface area contributed by atoms with Crippen molar-refractivity contribution in [2.24, 2.45) is 0 Å². The van der Waals surface area contributed by atoms with E-state index in [2.05, 4.69) is 20.2 Å². The van der Waals surface area contributed by atoms with Gasteiger partial charge < -0.3 is 13.9 Å². The van der Waals surface area contributed by atoms with Crippen molar-refractivity contribution < 1.29 is 9.21 Å². The van der Waals surface area contributed by atoms with Gasteiger partial charge in [0.1, 0.15) is 12.1 Å². The Hall–Kier alpha value is -2.68. The summed E-state index contributed by atoms with van der Waals surface area (Å²) in [6, 6.07) is 5.49. The highest BCUT2D eigenvalue weighted by Crippen LogP contribution is 2.21. The van der Waals surface area contributed by atoms with Gasteiger partial charge in [-0.3, -0.25) is 4.79 Å². The fourth-order valence-corrected chi connectivity index (χ4v) is 3.05. The molecule has 9 heteroatoms. The van der Waals surface area contributed by atoms with Crippen molar-refractivity contribution in [2.75, 3.05) is 7.05 Å². The van der Waals surface area contributed by atoms with Crippen molar-refractivity contribution >= 4 is 17.7 Å². The Labute approximate surface area is 155 Å². The summed E-state index contributed by atoms with van der Waals surface area (Å²) in [4.78, 5) is 22.4. The third-order valence-corrected chi connectivity index (χ3v) is 4.58. The predicted octanol–water partition coefficient (Wildman–Crippen LogP) is 2.81. The van der Waals surface area contributed by atoms with Crippen molar-refractivity contribution in [3.63, 3.8) is 0 Å². The zero-order chi connectivity index (χ0) is 18.5. The maximum atomic E-state index is 12.6. The topological polar surface area (TPSA) is 89.9 Å². The summed E-state index contributed by atoms with van der Waals surface area (Å²) in [5, 5.41) is 8.68. The first-order chi connectivity index (χ1) is 12.5. The summed E-state index contributed by atoms with van der Waals surface area (Å²) >= 11 is 1.45. The molecule has 0 bridgehead atoms. The molecular formula is C17H20N6O2S. The van der Waals surface area contributed by atoms with Crippen molar-refractivity contribution in [2.45, 2.75) is 37.3 Å². The lowest BCUT2D eigenvalue weighted by atomic mass is 10.3. The van der Waals surface area contributed by atoms with E-state index in [0.29, 0.717) is 29.0 Å². The maximum absolute atomic E-state index is 12.6. The van der Waals surface area contributed by atoms with Crippen molar-refractivity contribution in [1.29, 1.82) is 0 Å². The highest BCUT2D eigenvalue weighted by molar-refractivity contribution is 7.98. The lowest BCUT2D eigenvalue weighted by Crippen LogP contribution is -2.27. The molecule has 8 nitrogen and oxygen atoms in total. The van der Waals surface area contributed by atoms with E-state index in [1.54, 1.807) is 48.9 Å². The summed E-state index contributed by atoms with van der Waals surface area (Å²) in [7, 11) is 1.72. The SMILES string of the molecule is CC(C)n1cnnc1CN(C)C(=O)c1ccc(CSc2ncccn2)o1. The molecule has 1 amide bonds. The van der Waals surface area contributed by atoms with Crippen LogP contribution in [-0.2, 0) is 12.3 Å². The van der Waals surface area contributed by atoms with Gasteiger partial charge in [0.15, 0.2) is 16.7 Å². The van der Waals surface area contributed by atoms with Crippen molar-refractivity contribution in [1.82, 2.24) is 29.6 Å². The highest BCUT2D eigenvalue weighted by Gasteiger charge is 2.19. The summed E-state index contributed by atoms with van der Waals surface area (Å²) in [5.74, 6) is 2.09. The van der Waals surface area contributed by atoms with E-state index >= 15 is 0 Å². The van der Waals surface area contributed by atoms with E-state index in [1.165, 1.54) is 11.8 Å². The van der Waals surface area contributed by atoms with E-state index in [9.17, 15) is 4.79 Å². The van der Waals surface area contributed by atoms with Crippen LogP contribution < -0.4 is 0 Å². The van der Waals surface area contributed by atoms with Gasteiger partial charge in [-0.2, -0.15) is 0 Å². The molecule has 0 spiro atoms. The van der Waals surface area contributed by atoms with Crippen LogP contribution in [0.15, 0.2) is 46.5 Å². The van der Waals surface area contributed by atoms with Crippen LogP contribution in [0.3, 0.4) is 0 Å². The number of thioether (sulfide) groups is 1. The largest absolute Gasteiger partial charge is 0.455 e. The lowest BCUT2D eigenvalue weighted by molar-refractivity contribution is 0.0746.